The Morgan fingerprint density at radius 1 is 0.952 bits per heavy atom. The molecule has 0 amide bonds. The molecule has 2 rings (SSSR count). The number of fused-ring (bicyclic) bond motifs is 1. The van der Waals surface area contributed by atoms with Crippen LogP contribution in [0.4, 0.5) is 0 Å². The first kappa shape index (κ1) is 15.8. The van der Waals surface area contributed by atoms with E-state index in [0.29, 0.717) is 13.2 Å². The molecule has 0 aliphatic carbocycles. The molecule has 0 unspecified atom stereocenters. The van der Waals surface area contributed by atoms with Crippen molar-refractivity contribution < 1.29 is 9.47 Å². The van der Waals surface area contributed by atoms with Crippen molar-refractivity contribution in [3.8, 4) is 5.75 Å². The Morgan fingerprint density at radius 2 is 1.81 bits per heavy atom. The van der Waals surface area contributed by atoms with Gasteiger partial charge >= 0.3 is 0 Å². The zero-order chi connectivity index (χ0) is 14.9. The van der Waals surface area contributed by atoms with Crippen LogP contribution < -0.4 is 10.1 Å². The van der Waals surface area contributed by atoms with E-state index in [2.05, 4.69) is 55.6 Å². The highest BCUT2D eigenvalue weighted by Crippen LogP contribution is 2.28. The monoisotopic (exact) mass is 287 g/mol. The van der Waals surface area contributed by atoms with Gasteiger partial charge in [-0.2, -0.15) is 0 Å². The molecular formula is C18H25NO2. The van der Waals surface area contributed by atoms with E-state index < -0.39 is 0 Å². The quantitative estimate of drug-likeness (QED) is 0.712. The van der Waals surface area contributed by atoms with Gasteiger partial charge in [0, 0.05) is 18.7 Å². The minimum absolute atomic E-state index is 0.595. The van der Waals surface area contributed by atoms with Crippen LogP contribution in [0.3, 0.4) is 0 Å². The highest BCUT2D eigenvalue weighted by molar-refractivity contribution is 5.87. The van der Waals surface area contributed by atoms with Crippen LogP contribution in [0, 0.1) is 0 Å². The highest BCUT2D eigenvalue weighted by Gasteiger charge is 2.08. The van der Waals surface area contributed by atoms with E-state index in [1.54, 1.807) is 0 Å². The third kappa shape index (κ3) is 4.45. The summed E-state index contributed by atoms with van der Waals surface area (Å²) in [6.45, 7) is 8.03. The fourth-order valence-corrected chi connectivity index (χ4v) is 2.34. The normalized spacial score (nSPS) is 11.0. The molecular weight excluding hydrogens is 262 g/mol. The summed E-state index contributed by atoms with van der Waals surface area (Å²) >= 11 is 0. The van der Waals surface area contributed by atoms with Gasteiger partial charge in [-0.15, -0.1) is 0 Å². The van der Waals surface area contributed by atoms with Gasteiger partial charge in [0.05, 0.1) is 6.61 Å². The molecule has 0 fully saturated rings. The Labute approximate surface area is 127 Å². The maximum absolute atomic E-state index is 5.92. The van der Waals surface area contributed by atoms with Crippen LogP contribution in [0.1, 0.15) is 25.8 Å². The van der Waals surface area contributed by atoms with E-state index in [9.17, 15) is 0 Å². The first-order valence-corrected chi connectivity index (χ1v) is 7.78. The van der Waals surface area contributed by atoms with Crippen molar-refractivity contribution in [1.29, 1.82) is 0 Å². The first-order valence-electron chi connectivity index (χ1n) is 7.78. The van der Waals surface area contributed by atoms with E-state index in [-0.39, 0.29) is 0 Å². The maximum Gasteiger partial charge on any atom is 0.124 e. The number of rotatable bonds is 9. The molecule has 0 heterocycles. The second kappa shape index (κ2) is 8.65. The molecule has 2 aromatic rings. The predicted octanol–water partition coefficient (Wildman–Crippen LogP) is 3.75. The molecule has 0 radical (unpaired) electrons. The van der Waals surface area contributed by atoms with Crippen LogP contribution in [0.15, 0.2) is 36.4 Å². The highest BCUT2D eigenvalue weighted by atomic mass is 16.5. The van der Waals surface area contributed by atoms with Gasteiger partial charge in [-0.3, -0.25) is 0 Å². The van der Waals surface area contributed by atoms with Crippen molar-refractivity contribution in [2.75, 3.05) is 26.4 Å². The van der Waals surface area contributed by atoms with Gasteiger partial charge in [0.15, 0.2) is 0 Å². The molecule has 0 spiro atoms. The smallest absolute Gasteiger partial charge is 0.124 e. The maximum atomic E-state index is 5.92. The Hall–Kier alpha value is -1.58. The fourth-order valence-electron chi connectivity index (χ4n) is 2.34. The Bertz CT molecular complexity index is 554. The summed E-state index contributed by atoms with van der Waals surface area (Å²) in [5, 5.41) is 5.90. The molecule has 3 heteroatoms. The van der Waals surface area contributed by atoms with E-state index in [1.165, 1.54) is 16.3 Å². The lowest BCUT2D eigenvalue weighted by Gasteiger charge is -2.15. The molecule has 114 valence electrons. The van der Waals surface area contributed by atoms with Crippen molar-refractivity contribution in [1.82, 2.24) is 5.32 Å². The zero-order valence-corrected chi connectivity index (χ0v) is 13.0. The molecule has 0 aromatic heterocycles. The topological polar surface area (TPSA) is 30.5 Å². The lowest BCUT2D eigenvalue weighted by atomic mass is 10.0. The summed E-state index contributed by atoms with van der Waals surface area (Å²) in [4.78, 5) is 0. The average molecular weight is 287 g/mol. The molecule has 0 atom stereocenters. The van der Waals surface area contributed by atoms with Gasteiger partial charge in [-0.1, -0.05) is 44.2 Å². The minimum atomic E-state index is 0.595. The number of ether oxygens (including phenoxy) is 2. The van der Waals surface area contributed by atoms with E-state index in [4.69, 9.17) is 9.47 Å². The third-order valence-corrected chi connectivity index (χ3v) is 3.38. The van der Waals surface area contributed by atoms with Crippen LogP contribution in [-0.4, -0.2) is 26.4 Å². The lowest BCUT2D eigenvalue weighted by Crippen LogP contribution is -2.14. The summed E-state index contributed by atoms with van der Waals surface area (Å²) in [7, 11) is 0. The molecule has 0 aliphatic rings. The van der Waals surface area contributed by atoms with Gasteiger partial charge in [0.1, 0.15) is 12.4 Å². The molecule has 3 nitrogen and oxygen atoms in total. The number of benzene rings is 2. The van der Waals surface area contributed by atoms with Crippen molar-refractivity contribution in [3.63, 3.8) is 0 Å². The van der Waals surface area contributed by atoms with Crippen molar-refractivity contribution in [3.05, 3.63) is 42.0 Å². The molecule has 0 aliphatic heterocycles. The molecule has 2 aromatic carbocycles. The van der Waals surface area contributed by atoms with Crippen LogP contribution in [0.5, 0.6) is 5.75 Å². The van der Waals surface area contributed by atoms with Crippen LogP contribution in [-0.2, 0) is 11.3 Å². The summed E-state index contributed by atoms with van der Waals surface area (Å²) < 4.78 is 11.4. The van der Waals surface area contributed by atoms with Crippen molar-refractivity contribution in [2.24, 2.45) is 0 Å². The molecule has 0 saturated carbocycles. The van der Waals surface area contributed by atoms with Crippen molar-refractivity contribution >= 4 is 10.8 Å². The first-order chi connectivity index (χ1) is 10.4. The zero-order valence-electron chi connectivity index (χ0n) is 13.0. The van der Waals surface area contributed by atoms with Crippen LogP contribution in [0.25, 0.3) is 10.8 Å². The molecule has 0 bridgehead atoms. The molecule has 21 heavy (non-hydrogen) atoms. The van der Waals surface area contributed by atoms with Gasteiger partial charge in [0.25, 0.3) is 0 Å². The predicted molar refractivity (Wildman–Crippen MR) is 87.9 cm³/mol. The largest absolute Gasteiger partial charge is 0.491 e. The summed E-state index contributed by atoms with van der Waals surface area (Å²) in [6.07, 6.45) is 1.04. The average Bonchev–Trinajstić information content (AvgIpc) is 2.53. The van der Waals surface area contributed by atoms with E-state index in [1.807, 2.05) is 0 Å². The Kier molecular flexibility index (Phi) is 6.51. The third-order valence-electron chi connectivity index (χ3n) is 3.38. The Balaban J connectivity index is 2.13. The molecule has 0 saturated heterocycles. The second-order valence-electron chi connectivity index (χ2n) is 5.00. The summed E-state index contributed by atoms with van der Waals surface area (Å²) in [6, 6.07) is 12.6. The van der Waals surface area contributed by atoms with Gasteiger partial charge in [-0.05, 0) is 29.8 Å². The summed E-state index contributed by atoms with van der Waals surface area (Å²) in [5.41, 5.74) is 1.23. The van der Waals surface area contributed by atoms with Gasteiger partial charge in [-0.25, -0.2) is 0 Å². The number of hydrogen-bond acceptors (Lipinski definition) is 3. The minimum Gasteiger partial charge on any atom is -0.491 e. The van der Waals surface area contributed by atoms with Crippen molar-refractivity contribution in [2.45, 2.75) is 26.8 Å². The SMILES string of the molecule is CCCOCCOc1ccc2ccccc2c1CNCC. The van der Waals surface area contributed by atoms with E-state index >= 15 is 0 Å². The number of nitrogens with one attached hydrogen (secondary N) is 1. The molecule has 1 N–H and O–H groups in total. The fraction of sp³-hybridized carbons (Fsp3) is 0.444. The van der Waals surface area contributed by atoms with Gasteiger partial charge < -0.3 is 14.8 Å². The van der Waals surface area contributed by atoms with Crippen LogP contribution in [0.2, 0.25) is 0 Å². The summed E-state index contributed by atoms with van der Waals surface area (Å²) in [5.74, 6) is 0.953. The lowest BCUT2D eigenvalue weighted by molar-refractivity contribution is 0.100. The second-order valence-corrected chi connectivity index (χ2v) is 5.00. The van der Waals surface area contributed by atoms with Crippen LogP contribution >= 0.6 is 0 Å². The Morgan fingerprint density at radius 3 is 2.62 bits per heavy atom. The van der Waals surface area contributed by atoms with Gasteiger partial charge in [0.2, 0.25) is 0 Å². The van der Waals surface area contributed by atoms with E-state index in [0.717, 1.165) is 31.9 Å². The standard InChI is InChI=1S/C18H25NO2/c1-3-11-20-12-13-21-18-10-9-15-7-5-6-8-16(15)17(18)14-19-4-2/h5-10,19H,3-4,11-14H2,1-2H3. The number of hydrogen-bond donors (Lipinski definition) is 1.